The van der Waals surface area contributed by atoms with Gasteiger partial charge in [0, 0.05) is 5.56 Å². The first-order chi connectivity index (χ1) is 6.74. The number of ether oxygens (including phenoxy) is 1. The van der Waals surface area contributed by atoms with Crippen LogP contribution >= 0.6 is 0 Å². The predicted molar refractivity (Wildman–Crippen MR) is 50.4 cm³/mol. The summed E-state index contributed by atoms with van der Waals surface area (Å²) in [7, 11) is 0. The number of carboxylic acids is 1. The fraction of sp³-hybridized carbons (Fsp3) is 0.300. The number of hydrogen-bond donors (Lipinski definition) is 2. The molecule has 0 radical (unpaired) electrons. The third-order valence-corrected chi connectivity index (χ3v) is 1.66. The maximum absolute atomic E-state index is 10.5. The van der Waals surface area contributed by atoms with Crippen molar-refractivity contribution in [2.45, 2.75) is 6.42 Å². The SMILES string of the molecule is O=C(O)Cc1ccccc1OCCO. The van der Waals surface area contributed by atoms with Gasteiger partial charge < -0.3 is 14.9 Å². The standard InChI is InChI=1S/C10H12O4/c11-5-6-14-9-4-2-1-3-8(9)7-10(12)13/h1-4,11H,5-7H2,(H,12,13). The molecule has 0 spiro atoms. The Hall–Kier alpha value is -1.55. The van der Waals surface area contributed by atoms with Crippen LogP contribution in [0.1, 0.15) is 5.56 Å². The number of para-hydroxylation sites is 1. The fourth-order valence-electron chi connectivity index (χ4n) is 1.11. The lowest BCUT2D eigenvalue weighted by Crippen LogP contribution is -2.06. The Morgan fingerprint density at radius 1 is 1.36 bits per heavy atom. The third-order valence-electron chi connectivity index (χ3n) is 1.66. The number of carbonyl (C=O) groups is 1. The van der Waals surface area contributed by atoms with E-state index in [1.54, 1.807) is 24.3 Å². The zero-order valence-corrected chi connectivity index (χ0v) is 7.64. The lowest BCUT2D eigenvalue weighted by molar-refractivity contribution is -0.136. The highest BCUT2D eigenvalue weighted by Crippen LogP contribution is 2.18. The van der Waals surface area contributed by atoms with Gasteiger partial charge in [0.1, 0.15) is 12.4 Å². The lowest BCUT2D eigenvalue weighted by atomic mass is 10.1. The summed E-state index contributed by atoms with van der Waals surface area (Å²) in [5.74, 6) is -0.381. The molecule has 1 aromatic rings. The molecule has 0 aromatic heterocycles. The smallest absolute Gasteiger partial charge is 0.307 e. The zero-order chi connectivity index (χ0) is 10.4. The molecule has 0 amide bonds. The Bertz CT molecular complexity index is 309. The third kappa shape index (κ3) is 3.06. The van der Waals surface area contributed by atoms with Crippen molar-refractivity contribution in [2.75, 3.05) is 13.2 Å². The van der Waals surface area contributed by atoms with Crippen LogP contribution in [0.2, 0.25) is 0 Å². The Labute approximate surface area is 81.8 Å². The Kier molecular flexibility index (Phi) is 3.94. The van der Waals surface area contributed by atoms with Crippen LogP contribution in [0.4, 0.5) is 0 Å². The lowest BCUT2D eigenvalue weighted by Gasteiger charge is -2.08. The van der Waals surface area contributed by atoms with Gasteiger partial charge in [-0.15, -0.1) is 0 Å². The number of rotatable bonds is 5. The van der Waals surface area contributed by atoms with Gasteiger partial charge in [-0.2, -0.15) is 0 Å². The molecule has 1 rings (SSSR count). The summed E-state index contributed by atoms with van der Waals surface area (Å²) in [6.45, 7) is 0.0953. The van der Waals surface area contributed by atoms with E-state index in [4.69, 9.17) is 14.9 Å². The molecule has 0 bridgehead atoms. The topological polar surface area (TPSA) is 66.8 Å². The van der Waals surface area contributed by atoms with Crippen LogP contribution in [0.5, 0.6) is 5.75 Å². The van der Waals surface area contributed by atoms with Crippen LogP contribution in [0.3, 0.4) is 0 Å². The van der Waals surface area contributed by atoms with E-state index in [0.29, 0.717) is 11.3 Å². The maximum atomic E-state index is 10.5. The first-order valence-electron chi connectivity index (χ1n) is 4.27. The highest BCUT2D eigenvalue weighted by atomic mass is 16.5. The van der Waals surface area contributed by atoms with Crippen molar-refractivity contribution < 1.29 is 19.7 Å². The van der Waals surface area contributed by atoms with Crippen molar-refractivity contribution in [3.05, 3.63) is 29.8 Å². The highest BCUT2D eigenvalue weighted by Gasteiger charge is 2.06. The van der Waals surface area contributed by atoms with E-state index in [0.717, 1.165) is 0 Å². The molecule has 2 N–H and O–H groups in total. The summed E-state index contributed by atoms with van der Waals surface area (Å²) >= 11 is 0. The molecule has 0 saturated heterocycles. The van der Waals surface area contributed by atoms with Crippen LogP contribution in [0, 0.1) is 0 Å². The van der Waals surface area contributed by atoms with E-state index in [1.807, 2.05) is 0 Å². The normalized spacial score (nSPS) is 9.79. The zero-order valence-electron chi connectivity index (χ0n) is 7.64. The van der Waals surface area contributed by atoms with Gasteiger partial charge in [-0.3, -0.25) is 4.79 Å². The van der Waals surface area contributed by atoms with E-state index in [9.17, 15) is 4.79 Å². The molecular weight excluding hydrogens is 184 g/mol. The number of hydrogen-bond acceptors (Lipinski definition) is 3. The summed E-state index contributed by atoms with van der Waals surface area (Å²) < 4.78 is 5.17. The minimum Gasteiger partial charge on any atom is -0.491 e. The van der Waals surface area contributed by atoms with E-state index in [-0.39, 0.29) is 19.6 Å². The molecule has 14 heavy (non-hydrogen) atoms. The van der Waals surface area contributed by atoms with Gasteiger partial charge >= 0.3 is 5.97 Å². The molecule has 76 valence electrons. The Morgan fingerprint density at radius 3 is 2.71 bits per heavy atom. The number of benzene rings is 1. The summed E-state index contributed by atoms with van der Waals surface area (Å²) in [5, 5.41) is 17.2. The Morgan fingerprint density at radius 2 is 2.07 bits per heavy atom. The molecule has 0 fully saturated rings. The summed E-state index contributed by atoms with van der Waals surface area (Å²) in [5.41, 5.74) is 0.619. The first kappa shape index (κ1) is 10.5. The quantitative estimate of drug-likeness (QED) is 0.726. The highest BCUT2D eigenvalue weighted by molar-refractivity contribution is 5.71. The van der Waals surface area contributed by atoms with Crippen molar-refractivity contribution >= 4 is 5.97 Å². The van der Waals surface area contributed by atoms with Gasteiger partial charge in [-0.05, 0) is 6.07 Å². The van der Waals surface area contributed by atoms with Crippen molar-refractivity contribution in [3.8, 4) is 5.75 Å². The van der Waals surface area contributed by atoms with Crippen LogP contribution in [0.25, 0.3) is 0 Å². The van der Waals surface area contributed by atoms with Gasteiger partial charge in [-0.1, -0.05) is 18.2 Å². The summed E-state index contributed by atoms with van der Waals surface area (Å²) in [4.78, 5) is 10.5. The molecular formula is C10H12O4. The van der Waals surface area contributed by atoms with Gasteiger partial charge in [0.2, 0.25) is 0 Å². The molecule has 4 heteroatoms. The molecule has 4 nitrogen and oxygen atoms in total. The van der Waals surface area contributed by atoms with Gasteiger partial charge in [-0.25, -0.2) is 0 Å². The molecule has 0 heterocycles. The predicted octanol–water partition coefficient (Wildman–Crippen LogP) is 0.685. The number of aliphatic hydroxyl groups is 1. The second-order valence-electron chi connectivity index (χ2n) is 2.75. The minimum absolute atomic E-state index is 0.0679. The van der Waals surface area contributed by atoms with Crippen LogP contribution < -0.4 is 4.74 Å². The Balaban J connectivity index is 2.74. The number of aliphatic carboxylic acids is 1. The van der Waals surface area contributed by atoms with E-state index >= 15 is 0 Å². The van der Waals surface area contributed by atoms with Gasteiger partial charge in [0.15, 0.2) is 0 Å². The molecule has 0 aliphatic heterocycles. The van der Waals surface area contributed by atoms with Crippen molar-refractivity contribution in [2.24, 2.45) is 0 Å². The second kappa shape index (κ2) is 5.24. The van der Waals surface area contributed by atoms with Crippen molar-refractivity contribution in [1.29, 1.82) is 0 Å². The number of aliphatic hydroxyl groups excluding tert-OH is 1. The monoisotopic (exact) mass is 196 g/mol. The van der Waals surface area contributed by atoms with E-state index in [1.165, 1.54) is 0 Å². The number of carboxylic acid groups (broad SMARTS) is 1. The largest absolute Gasteiger partial charge is 0.491 e. The molecule has 0 aliphatic carbocycles. The molecule has 0 saturated carbocycles. The maximum Gasteiger partial charge on any atom is 0.307 e. The molecule has 0 unspecified atom stereocenters. The first-order valence-corrected chi connectivity index (χ1v) is 4.27. The average Bonchev–Trinajstić information content (AvgIpc) is 2.16. The summed E-state index contributed by atoms with van der Waals surface area (Å²) in [6, 6.07) is 6.90. The van der Waals surface area contributed by atoms with Crippen molar-refractivity contribution in [1.82, 2.24) is 0 Å². The minimum atomic E-state index is -0.898. The fourth-order valence-corrected chi connectivity index (χ4v) is 1.11. The van der Waals surface area contributed by atoms with Gasteiger partial charge in [0.25, 0.3) is 0 Å². The summed E-state index contributed by atoms with van der Waals surface area (Å²) in [6.07, 6.45) is -0.0679. The van der Waals surface area contributed by atoms with E-state index in [2.05, 4.69) is 0 Å². The molecule has 0 atom stereocenters. The van der Waals surface area contributed by atoms with Crippen LogP contribution in [0.15, 0.2) is 24.3 Å². The second-order valence-corrected chi connectivity index (χ2v) is 2.75. The molecule has 1 aromatic carbocycles. The average molecular weight is 196 g/mol. The van der Waals surface area contributed by atoms with Gasteiger partial charge in [0.05, 0.1) is 13.0 Å². The van der Waals surface area contributed by atoms with Crippen LogP contribution in [-0.4, -0.2) is 29.4 Å². The van der Waals surface area contributed by atoms with Crippen LogP contribution in [-0.2, 0) is 11.2 Å². The van der Waals surface area contributed by atoms with E-state index < -0.39 is 5.97 Å². The van der Waals surface area contributed by atoms with Crippen molar-refractivity contribution in [3.63, 3.8) is 0 Å². The molecule has 0 aliphatic rings.